The number of fused-ring (bicyclic) bond motifs is 1. The van der Waals surface area contributed by atoms with Gasteiger partial charge in [-0.3, -0.25) is 4.79 Å². The van der Waals surface area contributed by atoms with Crippen molar-refractivity contribution in [2.45, 2.75) is 51.4 Å². The number of nitrogens with two attached hydrogens (primary N) is 1. The van der Waals surface area contributed by atoms with Gasteiger partial charge in [-0.25, -0.2) is 0 Å². The SMILES string of the molecule is NCCCCCCC(=O)Nc1ccc2c(c1)CCC2. The minimum absolute atomic E-state index is 0.130. The number of hydrogen-bond acceptors (Lipinski definition) is 2. The average Bonchev–Trinajstić information content (AvgIpc) is 2.86. The molecule has 0 saturated heterocycles. The van der Waals surface area contributed by atoms with Gasteiger partial charge in [0.15, 0.2) is 0 Å². The van der Waals surface area contributed by atoms with Crippen molar-refractivity contribution in [2.75, 3.05) is 11.9 Å². The third kappa shape index (κ3) is 4.35. The predicted molar refractivity (Wildman–Crippen MR) is 79.2 cm³/mol. The Labute approximate surface area is 115 Å². The van der Waals surface area contributed by atoms with Crippen LogP contribution in [0.2, 0.25) is 0 Å². The number of rotatable bonds is 7. The molecule has 0 unspecified atom stereocenters. The fourth-order valence-corrected chi connectivity index (χ4v) is 2.66. The third-order valence-electron chi connectivity index (χ3n) is 3.74. The van der Waals surface area contributed by atoms with Gasteiger partial charge < -0.3 is 11.1 Å². The maximum absolute atomic E-state index is 11.8. The normalized spacial score (nSPS) is 13.3. The van der Waals surface area contributed by atoms with Gasteiger partial charge in [-0.15, -0.1) is 0 Å². The Morgan fingerprint density at radius 2 is 1.89 bits per heavy atom. The molecule has 104 valence electrons. The summed E-state index contributed by atoms with van der Waals surface area (Å²) < 4.78 is 0. The molecule has 0 radical (unpaired) electrons. The van der Waals surface area contributed by atoms with E-state index >= 15 is 0 Å². The molecule has 1 aromatic carbocycles. The predicted octanol–water partition coefficient (Wildman–Crippen LogP) is 3.02. The Balaban J connectivity index is 1.73. The number of amides is 1. The van der Waals surface area contributed by atoms with Gasteiger partial charge in [-0.05, 0) is 61.9 Å². The van der Waals surface area contributed by atoms with Crippen LogP contribution in [0.4, 0.5) is 5.69 Å². The number of unbranched alkanes of at least 4 members (excludes halogenated alkanes) is 3. The highest BCUT2D eigenvalue weighted by Gasteiger charge is 2.11. The van der Waals surface area contributed by atoms with Crippen molar-refractivity contribution in [3.05, 3.63) is 29.3 Å². The lowest BCUT2D eigenvalue weighted by Gasteiger charge is -2.07. The highest BCUT2D eigenvalue weighted by molar-refractivity contribution is 5.90. The van der Waals surface area contributed by atoms with Crippen LogP contribution in [-0.2, 0) is 17.6 Å². The molecule has 0 heterocycles. The van der Waals surface area contributed by atoms with Crippen LogP contribution in [-0.4, -0.2) is 12.5 Å². The van der Waals surface area contributed by atoms with Crippen molar-refractivity contribution in [2.24, 2.45) is 5.73 Å². The summed E-state index contributed by atoms with van der Waals surface area (Å²) in [6.45, 7) is 0.751. The van der Waals surface area contributed by atoms with Crippen LogP contribution in [0.5, 0.6) is 0 Å². The topological polar surface area (TPSA) is 55.1 Å². The van der Waals surface area contributed by atoms with E-state index < -0.39 is 0 Å². The molecule has 2 rings (SSSR count). The number of aryl methyl sites for hydroxylation is 2. The van der Waals surface area contributed by atoms with Gasteiger partial charge in [0.05, 0.1) is 0 Å². The minimum atomic E-state index is 0.130. The first-order valence-corrected chi connectivity index (χ1v) is 7.41. The second-order valence-corrected chi connectivity index (χ2v) is 5.34. The Hall–Kier alpha value is -1.35. The maximum atomic E-state index is 11.8. The van der Waals surface area contributed by atoms with Gasteiger partial charge in [0.2, 0.25) is 5.91 Å². The molecule has 3 nitrogen and oxygen atoms in total. The van der Waals surface area contributed by atoms with E-state index in [0.717, 1.165) is 44.3 Å². The molecule has 19 heavy (non-hydrogen) atoms. The van der Waals surface area contributed by atoms with E-state index in [0.29, 0.717) is 6.42 Å². The second-order valence-electron chi connectivity index (χ2n) is 5.34. The number of hydrogen-bond donors (Lipinski definition) is 2. The van der Waals surface area contributed by atoms with Gasteiger partial charge >= 0.3 is 0 Å². The Morgan fingerprint density at radius 3 is 2.74 bits per heavy atom. The van der Waals surface area contributed by atoms with Crippen molar-refractivity contribution < 1.29 is 4.79 Å². The zero-order valence-electron chi connectivity index (χ0n) is 11.6. The molecule has 3 N–H and O–H groups in total. The Kier molecular flexibility index (Phi) is 5.40. The molecule has 3 heteroatoms. The van der Waals surface area contributed by atoms with Crippen LogP contribution >= 0.6 is 0 Å². The second kappa shape index (κ2) is 7.29. The van der Waals surface area contributed by atoms with Gasteiger partial charge in [-0.2, -0.15) is 0 Å². The van der Waals surface area contributed by atoms with Gasteiger partial charge in [0, 0.05) is 12.1 Å². The largest absolute Gasteiger partial charge is 0.330 e. The molecular formula is C16H24N2O. The molecular weight excluding hydrogens is 236 g/mol. The fraction of sp³-hybridized carbons (Fsp3) is 0.562. The standard InChI is InChI=1S/C16H24N2O/c17-11-4-2-1-3-8-16(19)18-15-10-9-13-6-5-7-14(13)12-15/h9-10,12H,1-8,11,17H2,(H,18,19). The van der Waals surface area contributed by atoms with Crippen LogP contribution < -0.4 is 11.1 Å². The van der Waals surface area contributed by atoms with Crippen molar-refractivity contribution in [3.63, 3.8) is 0 Å². The number of carbonyl (C=O) groups is 1. The zero-order valence-corrected chi connectivity index (χ0v) is 11.6. The molecule has 0 bridgehead atoms. The van der Waals surface area contributed by atoms with Gasteiger partial charge in [-0.1, -0.05) is 18.9 Å². The summed E-state index contributed by atoms with van der Waals surface area (Å²) in [6.07, 6.45) is 8.43. The molecule has 1 aliphatic carbocycles. The number of anilines is 1. The van der Waals surface area contributed by atoms with Gasteiger partial charge in [0.1, 0.15) is 0 Å². The van der Waals surface area contributed by atoms with E-state index in [1.807, 2.05) is 6.07 Å². The molecule has 1 amide bonds. The van der Waals surface area contributed by atoms with Crippen LogP contribution in [0.25, 0.3) is 0 Å². The minimum Gasteiger partial charge on any atom is -0.330 e. The molecule has 0 aromatic heterocycles. The maximum Gasteiger partial charge on any atom is 0.224 e. The summed E-state index contributed by atoms with van der Waals surface area (Å²) in [7, 11) is 0. The lowest BCUT2D eigenvalue weighted by molar-refractivity contribution is -0.116. The first-order chi connectivity index (χ1) is 9.29. The van der Waals surface area contributed by atoms with Crippen molar-refractivity contribution in [3.8, 4) is 0 Å². The van der Waals surface area contributed by atoms with Crippen LogP contribution in [0.15, 0.2) is 18.2 Å². The number of benzene rings is 1. The summed E-state index contributed by atoms with van der Waals surface area (Å²) in [6, 6.07) is 6.31. The van der Waals surface area contributed by atoms with Gasteiger partial charge in [0.25, 0.3) is 0 Å². The monoisotopic (exact) mass is 260 g/mol. The van der Waals surface area contributed by atoms with E-state index in [2.05, 4.69) is 17.4 Å². The molecule has 1 aliphatic rings. The molecule has 0 saturated carbocycles. The van der Waals surface area contributed by atoms with Crippen molar-refractivity contribution in [1.29, 1.82) is 0 Å². The number of carbonyl (C=O) groups excluding carboxylic acids is 1. The average molecular weight is 260 g/mol. The zero-order chi connectivity index (χ0) is 13.5. The first kappa shape index (κ1) is 14.1. The fourth-order valence-electron chi connectivity index (χ4n) is 2.66. The molecule has 0 aliphatic heterocycles. The van der Waals surface area contributed by atoms with E-state index in [4.69, 9.17) is 5.73 Å². The van der Waals surface area contributed by atoms with Crippen LogP contribution in [0, 0.1) is 0 Å². The Bertz CT molecular complexity index is 429. The van der Waals surface area contributed by atoms with Crippen molar-refractivity contribution in [1.82, 2.24) is 0 Å². The van der Waals surface area contributed by atoms with E-state index in [1.54, 1.807) is 0 Å². The smallest absolute Gasteiger partial charge is 0.224 e. The quantitative estimate of drug-likeness (QED) is 0.740. The summed E-state index contributed by atoms with van der Waals surface area (Å²) in [5.41, 5.74) is 9.24. The molecule has 1 aromatic rings. The van der Waals surface area contributed by atoms with Crippen LogP contribution in [0.3, 0.4) is 0 Å². The van der Waals surface area contributed by atoms with E-state index in [-0.39, 0.29) is 5.91 Å². The highest BCUT2D eigenvalue weighted by Crippen LogP contribution is 2.24. The van der Waals surface area contributed by atoms with E-state index in [9.17, 15) is 4.79 Å². The van der Waals surface area contributed by atoms with Crippen molar-refractivity contribution >= 4 is 11.6 Å². The number of nitrogens with one attached hydrogen (secondary N) is 1. The van der Waals surface area contributed by atoms with Crippen LogP contribution in [0.1, 0.15) is 49.7 Å². The highest BCUT2D eigenvalue weighted by atomic mass is 16.1. The first-order valence-electron chi connectivity index (χ1n) is 7.41. The molecule has 0 spiro atoms. The molecule has 0 atom stereocenters. The summed E-state index contributed by atoms with van der Waals surface area (Å²) in [5, 5.41) is 3.00. The summed E-state index contributed by atoms with van der Waals surface area (Å²) in [4.78, 5) is 11.8. The third-order valence-corrected chi connectivity index (χ3v) is 3.74. The molecule has 0 fully saturated rings. The lowest BCUT2D eigenvalue weighted by Crippen LogP contribution is -2.11. The summed E-state index contributed by atoms with van der Waals surface area (Å²) >= 11 is 0. The summed E-state index contributed by atoms with van der Waals surface area (Å²) in [5.74, 6) is 0.130. The van der Waals surface area contributed by atoms with E-state index in [1.165, 1.54) is 24.0 Å². The Morgan fingerprint density at radius 1 is 1.11 bits per heavy atom. The lowest BCUT2D eigenvalue weighted by atomic mass is 10.1.